The molecule has 0 aromatic carbocycles. The maximum absolute atomic E-state index is 8.99. The molecule has 156 valence electrons. The molecule has 0 amide bonds. The molecule has 1 unspecified atom stereocenters. The molecule has 0 spiro atoms. The van der Waals surface area contributed by atoms with Gasteiger partial charge in [-0.1, -0.05) is 17.4 Å². The van der Waals surface area contributed by atoms with Gasteiger partial charge >= 0.3 is 0 Å². The highest BCUT2D eigenvalue weighted by molar-refractivity contribution is 7.16. The molecule has 1 fully saturated rings. The zero-order valence-electron chi connectivity index (χ0n) is 17.9. The molecular formula is C22H27N7S. The number of anilines is 2. The summed E-state index contributed by atoms with van der Waals surface area (Å²) in [4.78, 5) is 12.2. The summed E-state index contributed by atoms with van der Waals surface area (Å²) in [6, 6.07) is 8.85. The van der Waals surface area contributed by atoms with E-state index in [1.165, 1.54) is 29.0 Å². The van der Waals surface area contributed by atoms with Gasteiger partial charge in [0.1, 0.15) is 16.8 Å². The minimum atomic E-state index is 0.291. The van der Waals surface area contributed by atoms with Crippen LogP contribution < -0.4 is 5.32 Å². The highest BCUT2D eigenvalue weighted by atomic mass is 32.1. The lowest BCUT2D eigenvalue weighted by atomic mass is 10.1. The van der Waals surface area contributed by atoms with Crippen molar-refractivity contribution in [1.82, 2.24) is 24.6 Å². The van der Waals surface area contributed by atoms with Crippen molar-refractivity contribution in [3.8, 4) is 6.07 Å². The van der Waals surface area contributed by atoms with E-state index in [1.807, 2.05) is 12.1 Å². The Kier molecular flexibility index (Phi) is 5.84. The molecule has 3 aromatic rings. The minimum absolute atomic E-state index is 0.291. The van der Waals surface area contributed by atoms with Crippen LogP contribution in [0.1, 0.15) is 66.3 Å². The summed E-state index contributed by atoms with van der Waals surface area (Å²) >= 11 is 1.33. The Morgan fingerprint density at radius 2 is 2.17 bits per heavy atom. The fourth-order valence-corrected chi connectivity index (χ4v) is 4.80. The predicted molar refractivity (Wildman–Crippen MR) is 119 cm³/mol. The highest BCUT2D eigenvalue weighted by Gasteiger charge is 2.29. The van der Waals surface area contributed by atoms with Gasteiger partial charge in [0.25, 0.3) is 0 Å². The number of hydrogen-bond donors (Lipinski definition) is 1. The largest absolute Gasteiger partial charge is 0.316 e. The number of thiazole rings is 1. The Balaban J connectivity index is 1.53. The molecule has 7 nitrogen and oxygen atoms in total. The lowest BCUT2D eigenvalue weighted by Crippen LogP contribution is -2.24. The Morgan fingerprint density at radius 3 is 2.87 bits per heavy atom. The number of aryl methyl sites for hydroxylation is 1. The molecule has 1 N–H and O–H groups in total. The molecule has 30 heavy (non-hydrogen) atoms. The van der Waals surface area contributed by atoms with E-state index in [0.717, 1.165) is 36.7 Å². The average molecular weight is 422 g/mol. The first-order valence-electron chi connectivity index (χ1n) is 10.3. The molecule has 1 aliphatic rings. The average Bonchev–Trinajstić information content (AvgIpc) is 3.44. The van der Waals surface area contributed by atoms with Crippen LogP contribution in [0.5, 0.6) is 0 Å². The fraction of sp³-hybridized carbons (Fsp3) is 0.455. The first-order chi connectivity index (χ1) is 14.5. The molecule has 0 aliphatic carbocycles. The summed E-state index contributed by atoms with van der Waals surface area (Å²) in [6.07, 6.45) is 3.85. The summed E-state index contributed by atoms with van der Waals surface area (Å²) in [6.45, 7) is 10.6. The van der Waals surface area contributed by atoms with Crippen molar-refractivity contribution in [3.63, 3.8) is 0 Å². The van der Waals surface area contributed by atoms with E-state index >= 15 is 0 Å². The van der Waals surface area contributed by atoms with Gasteiger partial charge in [-0.15, -0.1) is 0 Å². The zero-order chi connectivity index (χ0) is 21.3. The lowest BCUT2D eigenvalue weighted by molar-refractivity contribution is 0.243. The van der Waals surface area contributed by atoms with Crippen LogP contribution in [0.2, 0.25) is 0 Å². The van der Waals surface area contributed by atoms with Crippen LogP contribution in [0, 0.1) is 25.2 Å². The quantitative estimate of drug-likeness (QED) is 0.610. The Bertz CT molecular complexity index is 1080. The second-order valence-electron chi connectivity index (χ2n) is 8.03. The topological polar surface area (TPSA) is 82.7 Å². The van der Waals surface area contributed by atoms with E-state index in [4.69, 9.17) is 15.3 Å². The monoisotopic (exact) mass is 421 g/mol. The minimum Gasteiger partial charge on any atom is -0.316 e. The third-order valence-corrected chi connectivity index (χ3v) is 6.47. The van der Waals surface area contributed by atoms with E-state index in [9.17, 15) is 0 Å². The molecular weight excluding hydrogens is 394 g/mol. The number of likely N-dealkylation sites (tertiary alicyclic amines) is 1. The van der Waals surface area contributed by atoms with Crippen molar-refractivity contribution in [2.45, 2.75) is 59.2 Å². The van der Waals surface area contributed by atoms with Gasteiger partial charge in [0, 0.05) is 23.8 Å². The first-order valence-corrected chi connectivity index (χ1v) is 11.2. The number of hydrogen-bond acceptors (Lipinski definition) is 7. The van der Waals surface area contributed by atoms with Crippen molar-refractivity contribution in [1.29, 1.82) is 5.26 Å². The number of aromatic nitrogens is 4. The molecule has 1 atom stereocenters. The van der Waals surface area contributed by atoms with Crippen molar-refractivity contribution in [2.24, 2.45) is 0 Å². The number of pyridine rings is 1. The van der Waals surface area contributed by atoms with Gasteiger partial charge in [0.05, 0.1) is 23.6 Å². The molecule has 0 radical (unpaired) electrons. The second kappa shape index (κ2) is 8.54. The number of nitrogens with zero attached hydrogens (tertiary/aromatic N) is 6. The standard InChI is InChI=1S/C22H27N7S/c1-14(2)29-16(4)18(15(3)27-29)13-28-10-6-8-20(28)19-7-5-9-21(25-19)26-22-24-12-17(11-23)30-22/h5,7,9,12,14,20H,6,8,10,13H2,1-4H3,(H,24,25,26). The van der Waals surface area contributed by atoms with Crippen molar-refractivity contribution >= 4 is 22.3 Å². The van der Waals surface area contributed by atoms with Crippen LogP contribution in [0.4, 0.5) is 10.9 Å². The normalized spacial score (nSPS) is 16.9. The van der Waals surface area contributed by atoms with E-state index in [2.05, 4.69) is 59.7 Å². The van der Waals surface area contributed by atoms with E-state index in [-0.39, 0.29) is 0 Å². The van der Waals surface area contributed by atoms with Crippen LogP contribution in [0.25, 0.3) is 0 Å². The summed E-state index contributed by atoms with van der Waals surface area (Å²) in [5.74, 6) is 0.762. The van der Waals surface area contributed by atoms with E-state index in [0.29, 0.717) is 22.1 Å². The molecule has 1 saturated heterocycles. The highest BCUT2D eigenvalue weighted by Crippen LogP contribution is 2.34. The lowest BCUT2D eigenvalue weighted by Gasteiger charge is -2.24. The van der Waals surface area contributed by atoms with Gasteiger partial charge in [-0.2, -0.15) is 10.4 Å². The van der Waals surface area contributed by atoms with Crippen LogP contribution in [0.15, 0.2) is 24.4 Å². The molecule has 1 aliphatic heterocycles. The fourth-order valence-electron chi connectivity index (χ4n) is 4.18. The Morgan fingerprint density at radius 1 is 1.33 bits per heavy atom. The van der Waals surface area contributed by atoms with Crippen molar-refractivity contribution in [2.75, 3.05) is 11.9 Å². The third-order valence-electron chi connectivity index (χ3n) is 5.65. The molecule has 8 heteroatoms. The van der Waals surface area contributed by atoms with Crippen LogP contribution in [-0.4, -0.2) is 31.2 Å². The maximum atomic E-state index is 8.99. The van der Waals surface area contributed by atoms with Gasteiger partial charge in [0.2, 0.25) is 0 Å². The maximum Gasteiger partial charge on any atom is 0.189 e. The van der Waals surface area contributed by atoms with Gasteiger partial charge in [-0.25, -0.2) is 9.97 Å². The summed E-state index contributed by atoms with van der Waals surface area (Å²) in [5.41, 5.74) is 4.78. The molecule has 0 bridgehead atoms. The second-order valence-corrected chi connectivity index (χ2v) is 9.06. The summed E-state index contributed by atoms with van der Waals surface area (Å²) in [7, 11) is 0. The van der Waals surface area contributed by atoms with Crippen LogP contribution in [0.3, 0.4) is 0 Å². The first kappa shape index (κ1) is 20.5. The smallest absolute Gasteiger partial charge is 0.189 e. The third kappa shape index (κ3) is 4.09. The Labute approximate surface area is 181 Å². The van der Waals surface area contributed by atoms with Crippen molar-refractivity contribution < 1.29 is 0 Å². The molecule has 3 aromatic heterocycles. The van der Waals surface area contributed by atoms with Gasteiger partial charge in [0.15, 0.2) is 5.13 Å². The number of nitrogens with one attached hydrogen (secondary N) is 1. The van der Waals surface area contributed by atoms with Gasteiger partial charge in [-0.05, 0) is 59.2 Å². The summed E-state index contributed by atoms with van der Waals surface area (Å²) in [5, 5.41) is 17.7. The zero-order valence-corrected chi connectivity index (χ0v) is 18.7. The number of nitriles is 1. The number of rotatable bonds is 6. The predicted octanol–water partition coefficient (Wildman–Crippen LogP) is 4.88. The van der Waals surface area contributed by atoms with Gasteiger partial charge < -0.3 is 5.32 Å². The van der Waals surface area contributed by atoms with Crippen molar-refractivity contribution in [3.05, 3.63) is 51.9 Å². The molecule has 4 heterocycles. The Hall–Kier alpha value is -2.76. The van der Waals surface area contributed by atoms with Crippen LogP contribution >= 0.6 is 11.3 Å². The van der Waals surface area contributed by atoms with E-state index < -0.39 is 0 Å². The van der Waals surface area contributed by atoms with E-state index in [1.54, 1.807) is 6.20 Å². The molecule has 4 rings (SSSR count). The SMILES string of the molecule is Cc1nn(C(C)C)c(C)c1CN1CCCC1c1cccc(Nc2ncc(C#N)s2)n1. The summed E-state index contributed by atoms with van der Waals surface area (Å²) < 4.78 is 2.13. The molecule has 0 saturated carbocycles. The van der Waals surface area contributed by atoms with Gasteiger partial charge in [-0.3, -0.25) is 9.58 Å². The van der Waals surface area contributed by atoms with Crippen LogP contribution in [-0.2, 0) is 6.54 Å².